The molecule has 0 radical (unpaired) electrons. The van der Waals surface area contributed by atoms with Gasteiger partial charge in [-0.25, -0.2) is 9.97 Å². The fraction of sp³-hybridized carbons (Fsp3) is 0.346. The van der Waals surface area contributed by atoms with Crippen LogP contribution in [0.2, 0.25) is 0 Å². The number of rotatable bonds is 7. The minimum atomic E-state index is -0.209. The van der Waals surface area contributed by atoms with Crippen LogP contribution < -0.4 is 20.9 Å². The average Bonchev–Trinajstić information content (AvgIpc) is 3.66. The topological polar surface area (TPSA) is 120 Å². The number of pyridine rings is 3. The lowest BCUT2D eigenvalue weighted by molar-refractivity contribution is -0.114. The summed E-state index contributed by atoms with van der Waals surface area (Å²) in [4.78, 5) is 37.8. The molecule has 2 N–H and O–H groups in total. The zero-order valence-corrected chi connectivity index (χ0v) is 21.1. The van der Waals surface area contributed by atoms with Crippen LogP contribution in [-0.4, -0.2) is 38.6 Å². The van der Waals surface area contributed by atoms with E-state index in [-0.39, 0.29) is 17.5 Å². The fourth-order valence-corrected chi connectivity index (χ4v) is 5.32. The van der Waals surface area contributed by atoms with E-state index >= 15 is 0 Å². The molecule has 6 rings (SSSR count). The Bertz CT molecular complexity index is 1520. The zero-order valence-electron chi connectivity index (χ0n) is 20.3. The van der Waals surface area contributed by atoms with E-state index in [9.17, 15) is 9.59 Å². The maximum atomic E-state index is 13.4. The van der Waals surface area contributed by atoms with Gasteiger partial charge in [-0.3, -0.25) is 9.59 Å². The van der Waals surface area contributed by atoms with Crippen molar-refractivity contribution in [1.29, 1.82) is 0 Å². The summed E-state index contributed by atoms with van der Waals surface area (Å²) in [6.07, 6.45) is 9.36. The number of ether oxygens (including phenoxy) is 2. The summed E-state index contributed by atoms with van der Waals surface area (Å²) in [5, 5.41) is 6.49. The lowest BCUT2D eigenvalue weighted by Crippen LogP contribution is -2.31. The van der Waals surface area contributed by atoms with Gasteiger partial charge in [0, 0.05) is 38.1 Å². The highest BCUT2D eigenvalue weighted by atomic mass is 32.1. The molecule has 0 aromatic carbocycles. The van der Waals surface area contributed by atoms with Crippen LogP contribution in [0.25, 0.3) is 10.3 Å². The Morgan fingerprint density at radius 3 is 2.86 bits per heavy atom. The van der Waals surface area contributed by atoms with E-state index in [4.69, 9.17) is 9.47 Å². The number of nitrogens with zero attached hydrogens (tertiary/aromatic N) is 4. The number of hydrogen-bond acceptors (Lipinski definition) is 9. The SMILES string of the molecule is CC(=O)Nc1cc(Oc2cnc3nc(Nc4cc(C5CC5)cn(C5CCCOC5)c4=O)sc3c2)ccn1. The highest BCUT2D eigenvalue weighted by molar-refractivity contribution is 7.22. The lowest BCUT2D eigenvalue weighted by atomic mass is 10.1. The highest BCUT2D eigenvalue weighted by Gasteiger charge is 2.27. The molecule has 11 heteroatoms. The Labute approximate surface area is 216 Å². The smallest absolute Gasteiger partial charge is 0.274 e. The first-order chi connectivity index (χ1) is 18.0. The summed E-state index contributed by atoms with van der Waals surface area (Å²) in [6.45, 7) is 2.73. The van der Waals surface area contributed by atoms with Crippen LogP contribution in [0.3, 0.4) is 0 Å². The van der Waals surface area contributed by atoms with E-state index in [1.54, 1.807) is 24.5 Å². The van der Waals surface area contributed by atoms with Crippen LogP contribution in [0.15, 0.2) is 47.7 Å². The number of carbonyl (C=O) groups is 1. The maximum Gasteiger partial charge on any atom is 0.274 e. The van der Waals surface area contributed by atoms with Crippen LogP contribution in [0.5, 0.6) is 11.5 Å². The van der Waals surface area contributed by atoms with Gasteiger partial charge in [-0.2, -0.15) is 4.98 Å². The van der Waals surface area contributed by atoms with Crippen molar-refractivity contribution in [2.24, 2.45) is 0 Å². The number of aromatic nitrogens is 4. The Morgan fingerprint density at radius 1 is 1.19 bits per heavy atom. The minimum Gasteiger partial charge on any atom is -0.455 e. The first-order valence-electron chi connectivity index (χ1n) is 12.3. The fourth-order valence-electron chi connectivity index (χ4n) is 4.45. The van der Waals surface area contributed by atoms with Gasteiger partial charge in [-0.1, -0.05) is 11.3 Å². The van der Waals surface area contributed by atoms with Gasteiger partial charge in [0.2, 0.25) is 5.91 Å². The molecule has 1 amide bonds. The second-order valence-corrected chi connectivity index (χ2v) is 10.4. The van der Waals surface area contributed by atoms with E-state index in [2.05, 4.69) is 25.6 Å². The first kappa shape index (κ1) is 23.6. The van der Waals surface area contributed by atoms with Gasteiger partial charge in [-0.15, -0.1) is 0 Å². The van der Waals surface area contributed by atoms with Gasteiger partial charge in [0.1, 0.15) is 23.0 Å². The van der Waals surface area contributed by atoms with E-state index in [0.717, 1.165) is 37.0 Å². The number of hydrogen-bond donors (Lipinski definition) is 2. The average molecular weight is 519 g/mol. The van der Waals surface area contributed by atoms with Gasteiger partial charge in [-0.05, 0) is 49.3 Å². The molecule has 10 nitrogen and oxygen atoms in total. The Morgan fingerprint density at radius 2 is 2.08 bits per heavy atom. The van der Waals surface area contributed by atoms with Crippen molar-refractivity contribution in [2.75, 3.05) is 23.8 Å². The summed E-state index contributed by atoms with van der Waals surface area (Å²) in [6, 6.07) is 7.20. The largest absolute Gasteiger partial charge is 0.455 e. The van der Waals surface area contributed by atoms with E-state index in [0.29, 0.717) is 46.3 Å². The first-order valence-corrected chi connectivity index (χ1v) is 13.1. The Kier molecular flexibility index (Phi) is 6.31. The zero-order chi connectivity index (χ0) is 25.4. The van der Waals surface area contributed by atoms with Crippen LogP contribution in [0, 0.1) is 0 Å². The summed E-state index contributed by atoms with van der Waals surface area (Å²) >= 11 is 1.40. The molecule has 1 saturated heterocycles. The molecule has 0 bridgehead atoms. The number of anilines is 3. The third kappa shape index (κ3) is 5.32. The minimum absolute atomic E-state index is 0.0524. The standard InChI is InChI=1S/C26H26N6O4S/c1-15(33)29-23-11-19(6-7-27-23)36-20-10-22-24(28-12-20)31-26(37-22)30-21-9-17(16-4-5-16)13-32(25(21)34)18-3-2-8-35-14-18/h6-7,9-13,16,18H,2-5,8,14H2,1H3,(H,27,29,33)(H,28,30,31). The van der Waals surface area contributed by atoms with Crippen LogP contribution >= 0.6 is 11.3 Å². The normalized spacial score (nSPS) is 17.5. The van der Waals surface area contributed by atoms with Crippen LogP contribution in [0.4, 0.5) is 16.6 Å². The highest BCUT2D eigenvalue weighted by Crippen LogP contribution is 2.41. The number of carbonyl (C=O) groups excluding carboxylic acids is 1. The van der Waals surface area contributed by atoms with Gasteiger partial charge in [0.15, 0.2) is 10.8 Å². The number of thiazole rings is 1. The van der Waals surface area contributed by atoms with Crippen molar-refractivity contribution in [3.05, 3.63) is 58.8 Å². The Hall–Kier alpha value is -3.83. The molecule has 2 fully saturated rings. The molecule has 37 heavy (non-hydrogen) atoms. The van der Waals surface area contributed by atoms with Crippen molar-refractivity contribution in [3.63, 3.8) is 0 Å². The summed E-state index contributed by atoms with van der Waals surface area (Å²) in [7, 11) is 0. The third-order valence-corrected chi connectivity index (χ3v) is 7.28. The molecular formula is C26H26N6O4S. The Balaban J connectivity index is 1.25. The maximum absolute atomic E-state index is 13.4. The van der Waals surface area contributed by atoms with Crippen molar-refractivity contribution in [1.82, 2.24) is 19.5 Å². The lowest BCUT2D eigenvalue weighted by Gasteiger charge is -2.25. The predicted molar refractivity (Wildman–Crippen MR) is 141 cm³/mol. The molecule has 1 aliphatic heterocycles. The quantitative estimate of drug-likeness (QED) is 0.352. The van der Waals surface area contributed by atoms with Gasteiger partial charge in [0.25, 0.3) is 5.56 Å². The van der Waals surface area contributed by atoms with E-state index in [1.165, 1.54) is 23.8 Å². The molecule has 1 unspecified atom stereocenters. The van der Waals surface area contributed by atoms with Crippen molar-refractivity contribution >= 4 is 44.2 Å². The monoisotopic (exact) mass is 518 g/mol. The van der Waals surface area contributed by atoms with Crippen LogP contribution in [0.1, 0.15) is 50.1 Å². The van der Waals surface area contributed by atoms with Gasteiger partial charge in [0.05, 0.1) is 23.5 Å². The second kappa shape index (κ2) is 9.91. The molecule has 0 spiro atoms. The van der Waals surface area contributed by atoms with Crippen LogP contribution in [-0.2, 0) is 9.53 Å². The second-order valence-electron chi connectivity index (χ2n) is 9.34. The van der Waals surface area contributed by atoms with Gasteiger partial charge < -0.3 is 24.7 Å². The molecule has 5 heterocycles. The summed E-state index contributed by atoms with van der Waals surface area (Å²) < 4.78 is 14.2. The molecule has 4 aromatic heterocycles. The van der Waals surface area contributed by atoms with E-state index < -0.39 is 0 Å². The number of fused-ring (bicyclic) bond motifs is 1. The number of amides is 1. The third-order valence-electron chi connectivity index (χ3n) is 6.38. The van der Waals surface area contributed by atoms with E-state index in [1.807, 2.05) is 22.9 Å². The van der Waals surface area contributed by atoms with Gasteiger partial charge >= 0.3 is 0 Å². The molecule has 4 aromatic rings. The molecule has 190 valence electrons. The van der Waals surface area contributed by atoms with Crippen molar-refractivity contribution in [2.45, 2.75) is 44.6 Å². The molecule has 1 atom stereocenters. The molecule has 1 aliphatic carbocycles. The van der Waals surface area contributed by atoms with Crippen molar-refractivity contribution < 1.29 is 14.3 Å². The number of nitrogens with one attached hydrogen (secondary N) is 2. The summed E-state index contributed by atoms with van der Waals surface area (Å²) in [5.41, 5.74) is 2.20. The molecule has 2 aliphatic rings. The summed E-state index contributed by atoms with van der Waals surface area (Å²) in [5.74, 6) is 1.75. The predicted octanol–water partition coefficient (Wildman–Crippen LogP) is 4.97. The molecular weight excluding hydrogens is 492 g/mol. The van der Waals surface area contributed by atoms with Crippen molar-refractivity contribution in [3.8, 4) is 11.5 Å². The molecule has 1 saturated carbocycles.